The Hall–Kier alpha value is -1.06. The quantitative estimate of drug-likeness (QED) is 0.708. The van der Waals surface area contributed by atoms with E-state index in [-0.39, 0.29) is 5.92 Å². The predicted molar refractivity (Wildman–Crippen MR) is 77.6 cm³/mol. The first-order valence-corrected chi connectivity index (χ1v) is 7.91. The molecule has 1 atom stereocenters. The van der Waals surface area contributed by atoms with E-state index >= 15 is 0 Å². The number of carboxylic acid groups (broad SMARTS) is 2. The van der Waals surface area contributed by atoms with Crippen LogP contribution in [0.3, 0.4) is 0 Å². The minimum Gasteiger partial charge on any atom is -0.481 e. The fourth-order valence-corrected chi connectivity index (χ4v) is 3.42. The Morgan fingerprint density at radius 1 is 1.20 bits per heavy atom. The highest BCUT2D eigenvalue weighted by Gasteiger charge is 2.44. The van der Waals surface area contributed by atoms with Crippen molar-refractivity contribution in [3.05, 3.63) is 0 Å². The maximum atomic E-state index is 11.7. The van der Waals surface area contributed by atoms with E-state index in [4.69, 9.17) is 5.11 Å². The topological polar surface area (TPSA) is 74.6 Å². The van der Waals surface area contributed by atoms with Gasteiger partial charge in [-0.2, -0.15) is 0 Å². The second-order valence-electron chi connectivity index (χ2n) is 6.32. The van der Waals surface area contributed by atoms with Crippen molar-refractivity contribution in [3.63, 3.8) is 0 Å². The summed E-state index contributed by atoms with van der Waals surface area (Å²) in [6.07, 6.45) is 7.14. The van der Waals surface area contributed by atoms with Crippen molar-refractivity contribution in [1.29, 1.82) is 0 Å². The standard InChI is InChI=1S/C16H28O4/c1-3-5-6-12(4-2)11-16(15(19)20)9-7-13(8-10-16)14(17)18/h12-13H,3-11H2,1-2H3,(H,17,18)(H,19,20). The molecule has 1 fully saturated rings. The molecule has 0 aromatic heterocycles. The fraction of sp³-hybridized carbons (Fsp3) is 0.875. The fourth-order valence-electron chi connectivity index (χ4n) is 3.42. The van der Waals surface area contributed by atoms with E-state index in [1.54, 1.807) is 0 Å². The Kier molecular flexibility index (Phi) is 6.50. The van der Waals surface area contributed by atoms with Gasteiger partial charge in [0.05, 0.1) is 11.3 Å². The molecule has 1 unspecified atom stereocenters. The average Bonchev–Trinajstić information content (AvgIpc) is 2.43. The zero-order chi connectivity index (χ0) is 15.2. The molecule has 20 heavy (non-hydrogen) atoms. The van der Waals surface area contributed by atoms with Crippen LogP contribution in [-0.4, -0.2) is 22.2 Å². The van der Waals surface area contributed by atoms with Gasteiger partial charge in [0.15, 0.2) is 0 Å². The molecule has 116 valence electrons. The normalized spacial score (nSPS) is 28.0. The molecule has 2 N–H and O–H groups in total. The molecule has 0 saturated heterocycles. The molecule has 4 heteroatoms. The van der Waals surface area contributed by atoms with Gasteiger partial charge < -0.3 is 10.2 Å². The molecule has 0 radical (unpaired) electrons. The number of hydrogen-bond acceptors (Lipinski definition) is 2. The van der Waals surface area contributed by atoms with Crippen LogP contribution in [0.1, 0.15) is 71.6 Å². The molecule has 1 saturated carbocycles. The third-order valence-electron chi connectivity index (χ3n) is 4.97. The third-order valence-corrected chi connectivity index (χ3v) is 4.97. The van der Waals surface area contributed by atoms with Gasteiger partial charge >= 0.3 is 11.9 Å². The van der Waals surface area contributed by atoms with Crippen LogP contribution in [0.5, 0.6) is 0 Å². The lowest BCUT2D eigenvalue weighted by Crippen LogP contribution is -2.38. The first kappa shape index (κ1) is 17.0. The highest BCUT2D eigenvalue weighted by molar-refractivity contribution is 5.76. The maximum Gasteiger partial charge on any atom is 0.309 e. The number of carboxylic acids is 2. The molecule has 1 aliphatic carbocycles. The van der Waals surface area contributed by atoms with Gasteiger partial charge in [-0.15, -0.1) is 0 Å². The third kappa shape index (κ3) is 4.22. The smallest absolute Gasteiger partial charge is 0.309 e. The van der Waals surface area contributed by atoms with Crippen molar-refractivity contribution in [2.45, 2.75) is 71.6 Å². The van der Waals surface area contributed by atoms with Crippen LogP contribution in [0, 0.1) is 17.3 Å². The second-order valence-corrected chi connectivity index (χ2v) is 6.32. The van der Waals surface area contributed by atoms with Gasteiger partial charge in [0.1, 0.15) is 0 Å². The summed E-state index contributed by atoms with van der Waals surface area (Å²) in [5.74, 6) is -1.40. The van der Waals surface area contributed by atoms with Crippen LogP contribution in [0.15, 0.2) is 0 Å². The van der Waals surface area contributed by atoms with E-state index in [1.807, 2.05) is 0 Å². The SMILES string of the molecule is CCCCC(CC)CC1(C(=O)O)CCC(C(=O)O)CC1. The summed E-state index contributed by atoms with van der Waals surface area (Å²) in [5.41, 5.74) is -0.680. The first-order chi connectivity index (χ1) is 9.45. The molecule has 0 aromatic rings. The lowest BCUT2D eigenvalue weighted by atomic mass is 9.65. The van der Waals surface area contributed by atoms with Crippen molar-refractivity contribution in [1.82, 2.24) is 0 Å². The van der Waals surface area contributed by atoms with Gasteiger partial charge in [-0.25, -0.2) is 0 Å². The number of unbranched alkanes of at least 4 members (excludes halogenated alkanes) is 1. The Morgan fingerprint density at radius 3 is 2.20 bits per heavy atom. The molecular weight excluding hydrogens is 256 g/mol. The monoisotopic (exact) mass is 284 g/mol. The van der Waals surface area contributed by atoms with Crippen molar-refractivity contribution in [2.24, 2.45) is 17.3 Å². The molecule has 1 aliphatic rings. The highest BCUT2D eigenvalue weighted by Crippen LogP contribution is 2.45. The highest BCUT2D eigenvalue weighted by atomic mass is 16.4. The van der Waals surface area contributed by atoms with Crippen LogP contribution in [0.2, 0.25) is 0 Å². The van der Waals surface area contributed by atoms with Gasteiger partial charge in [0.2, 0.25) is 0 Å². The van der Waals surface area contributed by atoms with Crippen LogP contribution in [0.25, 0.3) is 0 Å². The molecule has 0 bridgehead atoms. The summed E-state index contributed by atoms with van der Waals surface area (Å²) in [4.78, 5) is 22.7. The second kappa shape index (κ2) is 7.65. The molecule has 1 rings (SSSR count). The number of rotatable bonds is 8. The van der Waals surface area contributed by atoms with Gasteiger partial charge in [0, 0.05) is 0 Å². The van der Waals surface area contributed by atoms with Crippen molar-refractivity contribution >= 4 is 11.9 Å². The molecule has 4 nitrogen and oxygen atoms in total. The average molecular weight is 284 g/mol. The number of hydrogen-bond donors (Lipinski definition) is 2. The van der Waals surface area contributed by atoms with Gasteiger partial charge in [-0.05, 0) is 38.0 Å². The van der Waals surface area contributed by atoms with E-state index in [9.17, 15) is 14.7 Å². The largest absolute Gasteiger partial charge is 0.481 e. The number of aliphatic carboxylic acids is 2. The summed E-state index contributed by atoms with van der Waals surface area (Å²) in [5, 5.41) is 18.7. The first-order valence-electron chi connectivity index (χ1n) is 7.91. The molecule has 0 heterocycles. The zero-order valence-electron chi connectivity index (χ0n) is 12.7. The van der Waals surface area contributed by atoms with Crippen LogP contribution >= 0.6 is 0 Å². The van der Waals surface area contributed by atoms with Crippen LogP contribution < -0.4 is 0 Å². The van der Waals surface area contributed by atoms with E-state index in [0.717, 1.165) is 25.7 Å². The molecule has 0 amide bonds. The summed E-state index contributed by atoms with van der Waals surface area (Å²) < 4.78 is 0. The van der Waals surface area contributed by atoms with Gasteiger partial charge in [0.25, 0.3) is 0 Å². The minimum absolute atomic E-state index is 0.349. The van der Waals surface area contributed by atoms with Crippen molar-refractivity contribution < 1.29 is 19.8 Å². The van der Waals surface area contributed by atoms with Crippen LogP contribution in [-0.2, 0) is 9.59 Å². The van der Waals surface area contributed by atoms with Gasteiger partial charge in [-0.3, -0.25) is 9.59 Å². The van der Waals surface area contributed by atoms with Crippen molar-refractivity contribution in [3.8, 4) is 0 Å². The Morgan fingerprint density at radius 2 is 1.80 bits per heavy atom. The van der Waals surface area contributed by atoms with E-state index in [2.05, 4.69) is 13.8 Å². The van der Waals surface area contributed by atoms with E-state index in [0.29, 0.717) is 38.0 Å². The molecule has 0 aliphatic heterocycles. The lowest BCUT2D eigenvalue weighted by molar-refractivity contribution is -0.156. The van der Waals surface area contributed by atoms with E-state index in [1.165, 1.54) is 0 Å². The lowest BCUT2D eigenvalue weighted by Gasteiger charge is -2.38. The van der Waals surface area contributed by atoms with Crippen molar-refractivity contribution in [2.75, 3.05) is 0 Å². The summed E-state index contributed by atoms with van der Waals surface area (Å²) >= 11 is 0. The summed E-state index contributed by atoms with van der Waals surface area (Å²) in [6.45, 7) is 4.27. The molecule has 0 aromatic carbocycles. The zero-order valence-corrected chi connectivity index (χ0v) is 12.7. The summed E-state index contributed by atoms with van der Waals surface area (Å²) in [6, 6.07) is 0. The Bertz CT molecular complexity index is 329. The minimum atomic E-state index is -0.776. The maximum absolute atomic E-state index is 11.7. The van der Waals surface area contributed by atoms with Gasteiger partial charge in [-0.1, -0.05) is 39.5 Å². The molecular formula is C16H28O4. The number of carbonyl (C=O) groups is 2. The summed E-state index contributed by atoms with van der Waals surface area (Å²) in [7, 11) is 0. The Labute approximate surface area is 121 Å². The van der Waals surface area contributed by atoms with Crippen LogP contribution in [0.4, 0.5) is 0 Å². The van der Waals surface area contributed by atoms with E-state index < -0.39 is 17.4 Å². The molecule has 0 spiro atoms. The Balaban J connectivity index is 2.69. The predicted octanol–water partition coefficient (Wildman–Crippen LogP) is 3.94.